The maximum atomic E-state index is 12.1. The number of carboxylic acids is 1. The maximum absolute atomic E-state index is 12.1. The van der Waals surface area contributed by atoms with Crippen molar-refractivity contribution in [1.82, 2.24) is 15.1 Å². The lowest BCUT2D eigenvalue weighted by Crippen LogP contribution is -2.45. The van der Waals surface area contributed by atoms with Crippen LogP contribution in [0.15, 0.2) is 6.20 Å². The molecule has 3 N–H and O–H groups in total. The number of hydrogen-bond acceptors (Lipinski definition) is 4. The predicted molar refractivity (Wildman–Crippen MR) is 86.6 cm³/mol. The second-order valence-electron chi connectivity index (χ2n) is 6.13. The van der Waals surface area contributed by atoms with Gasteiger partial charge in [0.25, 0.3) is 0 Å². The second kappa shape index (κ2) is 8.52. The molecule has 0 aliphatic carbocycles. The van der Waals surface area contributed by atoms with Crippen molar-refractivity contribution in [3.8, 4) is 0 Å². The number of carboxylic acid groups (broad SMARTS) is 1. The molecule has 0 bridgehead atoms. The molecule has 130 valence electrons. The van der Waals surface area contributed by atoms with E-state index in [1.807, 2.05) is 13.1 Å². The van der Waals surface area contributed by atoms with Crippen LogP contribution in [0.5, 0.6) is 0 Å². The third kappa shape index (κ3) is 7.14. The van der Waals surface area contributed by atoms with E-state index in [4.69, 9.17) is 9.84 Å². The Morgan fingerprint density at radius 3 is 2.74 bits per heavy atom. The molecule has 0 atom stereocenters. The monoisotopic (exact) mass is 326 g/mol. The molecule has 0 saturated heterocycles. The molecular weight excluding hydrogens is 300 g/mol. The lowest BCUT2D eigenvalue weighted by Gasteiger charge is -2.25. The summed E-state index contributed by atoms with van der Waals surface area (Å²) >= 11 is 0. The van der Waals surface area contributed by atoms with Crippen molar-refractivity contribution >= 4 is 17.8 Å². The fourth-order valence-corrected chi connectivity index (χ4v) is 2.06. The van der Waals surface area contributed by atoms with Crippen molar-refractivity contribution in [3.05, 3.63) is 11.8 Å². The van der Waals surface area contributed by atoms with E-state index in [0.29, 0.717) is 25.4 Å². The molecule has 8 heteroatoms. The summed E-state index contributed by atoms with van der Waals surface area (Å²) in [4.78, 5) is 22.7. The van der Waals surface area contributed by atoms with Crippen molar-refractivity contribution < 1.29 is 19.4 Å². The minimum absolute atomic E-state index is 0.000431. The smallest absolute Gasteiger partial charge is 0.320 e. The summed E-state index contributed by atoms with van der Waals surface area (Å²) in [6.07, 6.45) is 3.05. The van der Waals surface area contributed by atoms with Gasteiger partial charge in [-0.15, -0.1) is 0 Å². The minimum Gasteiger partial charge on any atom is -0.481 e. The molecule has 1 aromatic heterocycles. The summed E-state index contributed by atoms with van der Waals surface area (Å²) in [5.41, 5.74) is 0.248. The molecule has 0 fully saturated rings. The minimum atomic E-state index is -0.883. The van der Waals surface area contributed by atoms with Gasteiger partial charge < -0.3 is 15.2 Å². The van der Waals surface area contributed by atoms with Gasteiger partial charge in [0.2, 0.25) is 0 Å². The highest BCUT2D eigenvalue weighted by Crippen LogP contribution is 2.14. The number of ether oxygens (including phenoxy) is 1. The lowest BCUT2D eigenvalue weighted by atomic mass is 9.99. The molecule has 0 radical (unpaired) electrons. The third-order valence-electron chi connectivity index (χ3n) is 3.33. The zero-order chi connectivity index (χ0) is 17.5. The third-order valence-corrected chi connectivity index (χ3v) is 3.33. The highest BCUT2D eigenvalue weighted by molar-refractivity contribution is 5.89. The van der Waals surface area contributed by atoms with Crippen molar-refractivity contribution in [2.45, 2.75) is 52.1 Å². The van der Waals surface area contributed by atoms with Crippen LogP contribution in [0.2, 0.25) is 0 Å². The first-order chi connectivity index (χ1) is 10.7. The molecule has 23 heavy (non-hydrogen) atoms. The Morgan fingerprint density at radius 1 is 1.43 bits per heavy atom. The molecule has 2 amide bonds. The van der Waals surface area contributed by atoms with E-state index < -0.39 is 17.5 Å². The summed E-state index contributed by atoms with van der Waals surface area (Å²) in [5.74, 6) is -0.389. The topological polar surface area (TPSA) is 105 Å². The number of amides is 2. The number of aromatic nitrogens is 2. The van der Waals surface area contributed by atoms with Gasteiger partial charge in [0, 0.05) is 44.0 Å². The van der Waals surface area contributed by atoms with Gasteiger partial charge in [-0.05, 0) is 33.6 Å². The van der Waals surface area contributed by atoms with Crippen LogP contribution >= 0.6 is 0 Å². The van der Waals surface area contributed by atoms with E-state index in [1.54, 1.807) is 25.6 Å². The first kappa shape index (κ1) is 19.0. The lowest BCUT2D eigenvalue weighted by molar-refractivity contribution is -0.137. The van der Waals surface area contributed by atoms with Gasteiger partial charge in [0.05, 0.1) is 0 Å². The second-order valence-corrected chi connectivity index (χ2v) is 6.13. The van der Waals surface area contributed by atoms with Crippen molar-refractivity contribution in [2.24, 2.45) is 0 Å². The molecule has 8 nitrogen and oxygen atoms in total. The Balaban J connectivity index is 2.54. The van der Waals surface area contributed by atoms with Crippen molar-refractivity contribution in [1.29, 1.82) is 0 Å². The Labute approximate surface area is 136 Å². The molecular formula is C15H26N4O4. The zero-order valence-corrected chi connectivity index (χ0v) is 14.2. The van der Waals surface area contributed by atoms with Crippen LogP contribution in [0.25, 0.3) is 0 Å². The summed E-state index contributed by atoms with van der Waals surface area (Å²) in [5, 5.41) is 18.5. The largest absolute Gasteiger partial charge is 0.481 e. The molecule has 1 rings (SSSR count). The van der Waals surface area contributed by atoms with Crippen LogP contribution in [-0.2, 0) is 16.1 Å². The van der Waals surface area contributed by atoms with Crippen molar-refractivity contribution in [2.75, 3.05) is 19.0 Å². The van der Waals surface area contributed by atoms with E-state index in [9.17, 15) is 9.59 Å². The van der Waals surface area contributed by atoms with Gasteiger partial charge in [0.15, 0.2) is 5.82 Å². The Bertz CT molecular complexity index is 540. The van der Waals surface area contributed by atoms with E-state index in [2.05, 4.69) is 15.7 Å². The first-order valence-electron chi connectivity index (χ1n) is 7.57. The van der Waals surface area contributed by atoms with Gasteiger partial charge in [-0.3, -0.25) is 14.8 Å². The summed E-state index contributed by atoms with van der Waals surface area (Å²) in [7, 11) is 1.65. The molecule has 0 aliphatic heterocycles. The van der Waals surface area contributed by atoms with Gasteiger partial charge in [0.1, 0.15) is 0 Å². The van der Waals surface area contributed by atoms with Crippen molar-refractivity contribution in [3.63, 3.8) is 0 Å². The number of carbonyl (C=O) groups is 2. The number of anilines is 1. The van der Waals surface area contributed by atoms with Crippen LogP contribution in [0.4, 0.5) is 10.6 Å². The number of nitrogens with one attached hydrogen (secondary N) is 2. The summed E-state index contributed by atoms with van der Waals surface area (Å²) < 4.78 is 6.76. The normalized spacial score (nSPS) is 11.3. The van der Waals surface area contributed by atoms with Crippen LogP contribution in [-0.4, -0.2) is 46.1 Å². The fourth-order valence-electron chi connectivity index (χ4n) is 2.06. The number of rotatable bonds is 9. The highest BCUT2D eigenvalue weighted by Gasteiger charge is 2.22. The number of urea groups is 1. The molecule has 0 spiro atoms. The van der Waals surface area contributed by atoms with E-state index in [-0.39, 0.29) is 6.42 Å². The van der Waals surface area contributed by atoms with Gasteiger partial charge in [-0.1, -0.05) is 0 Å². The van der Waals surface area contributed by atoms with Gasteiger partial charge in [-0.2, -0.15) is 5.10 Å². The number of aryl methyl sites for hydroxylation is 2. The van der Waals surface area contributed by atoms with E-state index >= 15 is 0 Å². The van der Waals surface area contributed by atoms with E-state index in [0.717, 1.165) is 12.0 Å². The number of hydrogen-bond donors (Lipinski definition) is 3. The molecule has 1 heterocycles. The number of nitrogens with zero attached hydrogens (tertiary/aromatic N) is 2. The van der Waals surface area contributed by atoms with Gasteiger partial charge >= 0.3 is 12.0 Å². The molecule has 0 unspecified atom stereocenters. The summed E-state index contributed by atoms with van der Waals surface area (Å²) in [6.45, 7) is 6.80. The first-order valence-corrected chi connectivity index (χ1v) is 7.57. The Morgan fingerprint density at radius 2 is 2.13 bits per heavy atom. The number of carbonyl (C=O) groups excluding carboxylic acids is 1. The average Bonchev–Trinajstić information content (AvgIpc) is 2.76. The molecule has 0 saturated carbocycles. The Hall–Kier alpha value is -2.09. The zero-order valence-electron chi connectivity index (χ0n) is 14.2. The summed E-state index contributed by atoms with van der Waals surface area (Å²) in [6, 6.07) is -0.398. The highest BCUT2D eigenvalue weighted by atomic mass is 16.5. The molecule has 1 aromatic rings. The quantitative estimate of drug-likeness (QED) is 0.602. The van der Waals surface area contributed by atoms with Crippen LogP contribution in [0.3, 0.4) is 0 Å². The van der Waals surface area contributed by atoms with Crippen LogP contribution < -0.4 is 10.6 Å². The van der Waals surface area contributed by atoms with Crippen LogP contribution in [0, 0.1) is 6.92 Å². The maximum Gasteiger partial charge on any atom is 0.320 e. The van der Waals surface area contributed by atoms with Gasteiger partial charge in [-0.25, -0.2) is 4.79 Å². The van der Waals surface area contributed by atoms with Crippen LogP contribution in [0.1, 0.15) is 38.7 Å². The fraction of sp³-hybridized carbons (Fsp3) is 0.667. The SMILES string of the molecule is COCCCn1cc(C)c(NC(=O)NC(C)(C)CCC(=O)O)n1. The number of aliphatic carboxylic acids is 1. The predicted octanol–water partition coefficient (Wildman–Crippen LogP) is 1.99. The van der Waals surface area contributed by atoms with E-state index in [1.165, 1.54) is 0 Å². The Kier molecular flexibility index (Phi) is 7.02. The number of methoxy groups -OCH3 is 1. The molecule has 0 aliphatic rings. The average molecular weight is 326 g/mol. The standard InChI is InChI=1S/C15H26N4O4/c1-11-10-19(8-5-9-23-4)18-13(11)16-14(22)17-15(2,3)7-6-12(20)21/h10H,5-9H2,1-4H3,(H,20,21)(H2,16,17,18,22). The molecule has 0 aromatic carbocycles.